The lowest BCUT2D eigenvalue weighted by atomic mass is 10.0. The highest BCUT2D eigenvalue weighted by molar-refractivity contribution is 5.95. The summed E-state index contributed by atoms with van der Waals surface area (Å²) in [5.41, 5.74) is 1.30. The van der Waals surface area contributed by atoms with Crippen molar-refractivity contribution >= 4 is 11.6 Å². The van der Waals surface area contributed by atoms with Crippen LogP contribution < -0.4 is 5.32 Å². The predicted molar refractivity (Wildman–Crippen MR) is 96.8 cm³/mol. The minimum atomic E-state index is -0.603. The van der Waals surface area contributed by atoms with Crippen LogP contribution in [0.2, 0.25) is 0 Å². The fourth-order valence-electron chi connectivity index (χ4n) is 2.82. The van der Waals surface area contributed by atoms with E-state index in [2.05, 4.69) is 10.3 Å². The Morgan fingerprint density at radius 1 is 1.26 bits per heavy atom. The summed E-state index contributed by atoms with van der Waals surface area (Å²) in [5.74, 6) is -0.214. The molecule has 1 N–H and O–H groups in total. The van der Waals surface area contributed by atoms with Crippen LogP contribution in [-0.2, 0) is 7.05 Å². The zero-order chi connectivity index (χ0) is 19.6. The minimum absolute atomic E-state index is 0.0502. The van der Waals surface area contributed by atoms with E-state index >= 15 is 0 Å². The second-order valence-electron chi connectivity index (χ2n) is 6.11. The molecule has 3 rings (SSSR count). The molecule has 1 amide bonds. The van der Waals surface area contributed by atoms with Gasteiger partial charge in [0.05, 0.1) is 4.92 Å². The maximum Gasteiger partial charge on any atom is 0.272 e. The molecule has 0 aliphatic heterocycles. The molecule has 138 valence electrons. The van der Waals surface area contributed by atoms with E-state index in [4.69, 9.17) is 0 Å². The fraction of sp³-hybridized carbons (Fsp3) is 0.158. The monoisotopic (exact) mass is 368 g/mol. The number of carbonyl (C=O) groups is 1. The number of benzene rings is 2. The van der Waals surface area contributed by atoms with Gasteiger partial charge in [0, 0.05) is 36.6 Å². The average molecular weight is 368 g/mol. The highest BCUT2D eigenvalue weighted by atomic mass is 19.1. The molecule has 0 bridgehead atoms. The largest absolute Gasteiger partial charge is 0.338 e. The summed E-state index contributed by atoms with van der Waals surface area (Å²) in [5, 5.41) is 13.8. The van der Waals surface area contributed by atoms with Gasteiger partial charge in [-0.25, -0.2) is 9.37 Å². The van der Waals surface area contributed by atoms with E-state index in [0.29, 0.717) is 22.5 Å². The first-order chi connectivity index (χ1) is 12.9. The first-order valence-electron chi connectivity index (χ1n) is 8.15. The van der Waals surface area contributed by atoms with E-state index in [1.807, 2.05) is 0 Å². The number of carbonyl (C=O) groups excluding carboxylic acids is 1. The molecule has 7 nitrogen and oxygen atoms in total. The number of amides is 1. The first kappa shape index (κ1) is 18.2. The number of hydrogen-bond acceptors (Lipinski definition) is 4. The van der Waals surface area contributed by atoms with Gasteiger partial charge in [0.15, 0.2) is 0 Å². The van der Waals surface area contributed by atoms with E-state index in [1.165, 1.54) is 30.3 Å². The predicted octanol–water partition coefficient (Wildman–Crippen LogP) is 3.30. The average Bonchev–Trinajstić information content (AvgIpc) is 3.05. The number of aromatic nitrogens is 2. The van der Waals surface area contributed by atoms with Gasteiger partial charge in [0.2, 0.25) is 0 Å². The molecule has 2 aromatic carbocycles. The third-order valence-electron chi connectivity index (χ3n) is 4.25. The third kappa shape index (κ3) is 3.84. The molecule has 8 heteroatoms. The van der Waals surface area contributed by atoms with Crippen LogP contribution in [0.25, 0.3) is 0 Å². The number of hydrogen-bond donors (Lipinski definition) is 1. The number of nitro benzene ring substituents is 1. The number of aryl methyl sites for hydroxylation is 2. The Morgan fingerprint density at radius 2 is 1.96 bits per heavy atom. The number of nitro groups is 1. The van der Waals surface area contributed by atoms with Crippen molar-refractivity contribution in [3.63, 3.8) is 0 Å². The van der Waals surface area contributed by atoms with E-state index in [-0.39, 0.29) is 11.5 Å². The van der Waals surface area contributed by atoms with Crippen molar-refractivity contribution in [1.82, 2.24) is 14.9 Å². The standard InChI is InChI=1S/C19H17FN4O3/c1-12-11-14(5-8-16(12)24(26)27)19(25)22-17(18-21-9-10-23(18)2)13-3-6-15(20)7-4-13/h3-11,17H,1-2H3,(H,22,25). The van der Waals surface area contributed by atoms with Gasteiger partial charge in [-0.2, -0.15) is 0 Å². The highest BCUT2D eigenvalue weighted by Gasteiger charge is 2.22. The Labute approximate surface area is 154 Å². The number of rotatable bonds is 5. The number of nitrogens with one attached hydrogen (secondary N) is 1. The molecule has 0 fully saturated rings. The summed E-state index contributed by atoms with van der Waals surface area (Å²) in [4.78, 5) is 27.5. The van der Waals surface area contributed by atoms with E-state index in [1.54, 1.807) is 43.1 Å². The van der Waals surface area contributed by atoms with E-state index < -0.39 is 16.9 Å². The summed E-state index contributed by atoms with van der Waals surface area (Å²) >= 11 is 0. The maximum atomic E-state index is 13.3. The van der Waals surface area contributed by atoms with Crippen molar-refractivity contribution < 1.29 is 14.1 Å². The van der Waals surface area contributed by atoms with E-state index in [9.17, 15) is 19.3 Å². The molecule has 1 atom stereocenters. The third-order valence-corrected chi connectivity index (χ3v) is 4.25. The van der Waals surface area contributed by atoms with Crippen molar-refractivity contribution in [2.24, 2.45) is 7.05 Å². The van der Waals surface area contributed by atoms with Crippen molar-refractivity contribution in [2.45, 2.75) is 13.0 Å². The molecule has 0 saturated carbocycles. The quantitative estimate of drug-likeness (QED) is 0.553. The summed E-state index contributed by atoms with van der Waals surface area (Å²) in [7, 11) is 1.79. The highest BCUT2D eigenvalue weighted by Crippen LogP contribution is 2.23. The van der Waals surface area contributed by atoms with Crippen LogP contribution in [-0.4, -0.2) is 20.4 Å². The Kier molecular flexibility index (Phi) is 4.98. The van der Waals surface area contributed by atoms with Crippen molar-refractivity contribution in [1.29, 1.82) is 0 Å². The van der Waals surface area contributed by atoms with Gasteiger partial charge >= 0.3 is 0 Å². The van der Waals surface area contributed by atoms with Gasteiger partial charge in [-0.1, -0.05) is 12.1 Å². The molecule has 27 heavy (non-hydrogen) atoms. The lowest BCUT2D eigenvalue weighted by Crippen LogP contribution is -2.31. The molecule has 3 aromatic rings. The molecule has 0 saturated heterocycles. The van der Waals surface area contributed by atoms with Crippen molar-refractivity contribution in [3.05, 3.63) is 93.3 Å². The Balaban J connectivity index is 1.93. The summed E-state index contributed by atoms with van der Waals surface area (Å²) in [6, 6.07) is 9.35. The zero-order valence-electron chi connectivity index (χ0n) is 14.7. The summed E-state index contributed by atoms with van der Waals surface area (Å²) < 4.78 is 15.0. The van der Waals surface area contributed by atoms with Gasteiger partial charge in [-0.15, -0.1) is 0 Å². The molecule has 1 heterocycles. The van der Waals surface area contributed by atoms with Crippen LogP contribution in [0.15, 0.2) is 54.9 Å². The zero-order valence-corrected chi connectivity index (χ0v) is 14.7. The molecular formula is C19H17FN4O3. The van der Waals surface area contributed by atoms with Crippen LogP contribution in [0.5, 0.6) is 0 Å². The Morgan fingerprint density at radius 3 is 2.52 bits per heavy atom. The Bertz CT molecular complexity index is 998. The van der Waals surface area contributed by atoms with Crippen LogP contribution in [0, 0.1) is 22.9 Å². The summed E-state index contributed by atoms with van der Waals surface area (Å²) in [6.07, 6.45) is 3.35. The molecule has 0 aliphatic carbocycles. The molecule has 0 aliphatic rings. The minimum Gasteiger partial charge on any atom is -0.338 e. The number of nitrogens with zero attached hydrogens (tertiary/aromatic N) is 3. The van der Waals surface area contributed by atoms with Crippen LogP contribution in [0.4, 0.5) is 10.1 Å². The van der Waals surface area contributed by atoms with Gasteiger partial charge in [-0.3, -0.25) is 14.9 Å². The summed E-state index contributed by atoms with van der Waals surface area (Å²) in [6.45, 7) is 1.57. The second kappa shape index (κ2) is 7.36. The molecular weight excluding hydrogens is 351 g/mol. The molecule has 1 aromatic heterocycles. The molecule has 0 radical (unpaired) electrons. The van der Waals surface area contributed by atoms with Gasteiger partial charge < -0.3 is 9.88 Å². The SMILES string of the molecule is Cc1cc(C(=O)NC(c2ccc(F)cc2)c2nccn2C)ccc1[N+](=O)[O-]. The number of imidazole rings is 1. The Hall–Kier alpha value is -3.55. The van der Waals surface area contributed by atoms with Crippen LogP contribution in [0.1, 0.15) is 33.4 Å². The lowest BCUT2D eigenvalue weighted by Gasteiger charge is -2.19. The topological polar surface area (TPSA) is 90.1 Å². The van der Waals surface area contributed by atoms with E-state index in [0.717, 1.165) is 0 Å². The number of halogens is 1. The molecule has 1 unspecified atom stereocenters. The van der Waals surface area contributed by atoms with Crippen molar-refractivity contribution in [2.75, 3.05) is 0 Å². The smallest absolute Gasteiger partial charge is 0.272 e. The maximum absolute atomic E-state index is 13.3. The normalized spacial score (nSPS) is 11.8. The van der Waals surface area contributed by atoms with Crippen LogP contribution in [0.3, 0.4) is 0 Å². The van der Waals surface area contributed by atoms with Gasteiger partial charge in [0.25, 0.3) is 11.6 Å². The van der Waals surface area contributed by atoms with Gasteiger partial charge in [0.1, 0.15) is 17.7 Å². The first-order valence-corrected chi connectivity index (χ1v) is 8.15. The van der Waals surface area contributed by atoms with Gasteiger partial charge in [-0.05, 0) is 36.8 Å². The van der Waals surface area contributed by atoms with Crippen molar-refractivity contribution in [3.8, 4) is 0 Å². The molecule has 0 spiro atoms. The lowest BCUT2D eigenvalue weighted by molar-refractivity contribution is -0.385. The second-order valence-corrected chi connectivity index (χ2v) is 6.11. The fourth-order valence-corrected chi connectivity index (χ4v) is 2.82. The van der Waals surface area contributed by atoms with Crippen LogP contribution >= 0.6 is 0 Å².